The second-order valence-electron chi connectivity index (χ2n) is 3.65. The highest BCUT2D eigenvalue weighted by Crippen LogP contribution is 2.44. The van der Waals surface area contributed by atoms with E-state index in [1.165, 1.54) is 5.56 Å². The number of fused-ring (bicyclic) bond motifs is 1. The second kappa shape index (κ2) is 2.49. The van der Waals surface area contributed by atoms with Crippen LogP contribution in [0.4, 0.5) is 0 Å². The summed E-state index contributed by atoms with van der Waals surface area (Å²) < 4.78 is 5.64. The Morgan fingerprint density at radius 3 is 2.67 bits per heavy atom. The van der Waals surface area contributed by atoms with Crippen molar-refractivity contribution in [2.24, 2.45) is 0 Å². The van der Waals surface area contributed by atoms with Crippen LogP contribution in [0.1, 0.15) is 19.4 Å². The number of halogens is 1. The Morgan fingerprint density at radius 2 is 2.00 bits per heavy atom. The summed E-state index contributed by atoms with van der Waals surface area (Å²) in [5.41, 5.74) is 1.36. The van der Waals surface area contributed by atoms with Crippen molar-refractivity contribution in [3.8, 4) is 5.75 Å². The third kappa shape index (κ3) is 0.977. The highest BCUT2D eigenvalue weighted by molar-refractivity contribution is 9.09. The normalized spacial score (nSPS) is 24.8. The lowest BCUT2D eigenvalue weighted by Gasteiger charge is -2.20. The number of benzene rings is 1. The Balaban J connectivity index is 2.55. The number of rotatable bonds is 0. The number of alkyl halides is 1. The molecule has 1 aromatic carbocycles. The summed E-state index contributed by atoms with van der Waals surface area (Å²) in [6, 6.07) is 8.18. The summed E-state index contributed by atoms with van der Waals surface area (Å²) in [4.78, 5) is 0. The Morgan fingerprint density at radius 1 is 1.33 bits per heavy atom. The smallest absolute Gasteiger partial charge is 0.162 e. The van der Waals surface area contributed by atoms with E-state index in [2.05, 4.69) is 41.9 Å². The maximum atomic E-state index is 5.64. The molecule has 0 aliphatic carbocycles. The highest BCUT2D eigenvalue weighted by Gasteiger charge is 2.39. The molecule has 0 spiro atoms. The molecule has 1 aliphatic rings. The van der Waals surface area contributed by atoms with Gasteiger partial charge in [-0.3, -0.25) is 0 Å². The van der Waals surface area contributed by atoms with Crippen molar-refractivity contribution in [2.75, 3.05) is 0 Å². The van der Waals surface area contributed by atoms with Gasteiger partial charge in [-0.2, -0.15) is 0 Å². The number of para-hydroxylation sites is 1. The fourth-order valence-electron chi connectivity index (χ4n) is 1.48. The lowest BCUT2D eigenvalue weighted by molar-refractivity contribution is 0.262. The largest absolute Gasteiger partial charge is 0.478 e. The summed E-state index contributed by atoms with van der Waals surface area (Å²) in [5, 5.41) is 0.0994. The van der Waals surface area contributed by atoms with Gasteiger partial charge in [0.2, 0.25) is 0 Å². The minimum Gasteiger partial charge on any atom is -0.478 e. The molecule has 1 unspecified atom stereocenters. The van der Waals surface area contributed by atoms with E-state index in [0.29, 0.717) is 0 Å². The summed E-state index contributed by atoms with van der Waals surface area (Å²) in [7, 11) is 0. The monoisotopic (exact) mass is 226 g/mol. The molecule has 1 aliphatic heterocycles. The van der Waals surface area contributed by atoms with E-state index in [-0.39, 0.29) is 10.4 Å². The Kier molecular flexibility index (Phi) is 1.69. The van der Waals surface area contributed by atoms with Gasteiger partial charge in [-0.05, 0) is 22.0 Å². The zero-order valence-corrected chi connectivity index (χ0v) is 8.76. The minimum absolute atomic E-state index is 0.0800. The molecule has 1 aromatic rings. The van der Waals surface area contributed by atoms with Gasteiger partial charge in [0.25, 0.3) is 0 Å². The molecule has 1 heterocycles. The first kappa shape index (κ1) is 8.11. The third-order valence-corrected chi connectivity index (χ3v) is 3.71. The molecule has 0 N–H and O–H groups in total. The molecule has 12 heavy (non-hydrogen) atoms. The maximum Gasteiger partial charge on any atom is 0.162 e. The van der Waals surface area contributed by atoms with Crippen molar-refractivity contribution in [1.29, 1.82) is 0 Å². The summed E-state index contributed by atoms with van der Waals surface area (Å²) in [5.74, 6) is 1.00. The van der Waals surface area contributed by atoms with E-state index in [9.17, 15) is 0 Å². The molecule has 0 aromatic heterocycles. The molecule has 2 rings (SSSR count). The Bertz CT molecular complexity index is 306. The fraction of sp³-hybridized carbons (Fsp3) is 0.400. The average Bonchev–Trinajstić information content (AvgIpc) is 2.25. The molecule has 1 atom stereocenters. The van der Waals surface area contributed by atoms with E-state index in [4.69, 9.17) is 4.74 Å². The lowest BCUT2D eigenvalue weighted by atomic mass is 9.87. The summed E-state index contributed by atoms with van der Waals surface area (Å²) in [6.07, 6.45) is 0. The first-order valence-corrected chi connectivity index (χ1v) is 4.94. The highest BCUT2D eigenvalue weighted by atomic mass is 79.9. The van der Waals surface area contributed by atoms with E-state index < -0.39 is 0 Å². The van der Waals surface area contributed by atoms with Crippen molar-refractivity contribution < 1.29 is 4.74 Å². The molecule has 0 radical (unpaired) electrons. The van der Waals surface area contributed by atoms with Crippen molar-refractivity contribution >= 4 is 15.9 Å². The Labute approximate surface area is 80.9 Å². The fourth-order valence-corrected chi connectivity index (χ4v) is 1.93. The van der Waals surface area contributed by atoms with Crippen LogP contribution in [0.15, 0.2) is 24.3 Å². The van der Waals surface area contributed by atoms with Crippen LogP contribution in [0.3, 0.4) is 0 Å². The minimum atomic E-state index is 0.0800. The van der Waals surface area contributed by atoms with Crippen LogP contribution in [-0.2, 0) is 5.41 Å². The van der Waals surface area contributed by atoms with E-state index in [0.717, 1.165) is 5.75 Å². The van der Waals surface area contributed by atoms with Gasteiger partial charge in [-0.15, -0.1) is 0 Å². The summed E-state index contributed by atoms with van der Waals surface area (Å²) >= 11 is 3.52. The SMILES string of the molecule is CC1(C)c2ccccc2OC1Br. The van der Waals surface area contributed by atoms with Gasteiger partial charge < -0.3 is 4.74 Å². The van der Waals surface area contributed by atoms with Crippen molar-refractivity contribution in [3.05, 3.63) is 29.8 Å². The standard InChI is InChI=1S/C10H11BrO/c1-10(2)7-5-3-4-6-8(7)12-9(10)11/h3-6,9H,1-2H3. The van der Waals surface area contributed by atoms with Crippen LogP contribution >= 0.6 is 15.9 Å². The predicted molar refractivity (Wildman–Crippen MR) is 52.8 cm³/mol. The molecule has 0 amide bonds. The van der Waals surface area contributed by atoms with Crippen molar-refractivity contribution in [1.82, 2.24) is 0 Å². The van der Waals surface area contributed by atoms with Crippen molar-refractivity contribution in [2.45, 2.75) is 24.3 Å². The molecule has 64 valence electrons. The molecule has 0 saturated heterocycles. The number of hydrogen-bond donors (Lipinski definition) is 0. The lowest BCUT2D eigenvalue weighted by Crippen LogP contribution is -2.26. The molecular formula is C10H11BrO. The maximum absolute atomic E-state index is 5.64. The van der Waals surface area contributed by atoms with Gasteiger partial charge in [0.05, 0.1) is 0 Å². The zero-order chi connectivity index (χ0) is 8.77. The topological polar surface area (TPSA) is 9.23 Å². The second-order valence-corrected chi connectivity index (χ2v) is 4.48. The van der Waals surface area contributed by atoms with Crippen LogP contribution in [0.2, 0.25) is 0 Å². The van der Waals surface area contributed by atoms with Crippen LogP contribution in [-0.4, -0.2) is 5.01 Å². The number of hydrogen-bond acceptors (Lipinski definition) is 1. The number of ether oxygens (including phenoxy) is 1. The zero-order valence-electron chi connectivity index (χ0n) is 7.17. The van der Waals surface area contributed by atoms with Crippen LogP contribution in [0.5, 0.6) is 5.75 Å². The van der Waals surface area contributed by atoms with E-state index >= 15 is 0 Å². The van der Waals surface area contributed by atoms with Crippen LogP contribution in [0, 0.1) is 0 Å². The van der Waals surface area contributed by atoms with Gasteiger partial charge in [0.1, 0.15) is 5.75 Å². The average molecular weight is 227 g/mol. The first-order valence-electron chi connectivity index (χ1n) is 4.02. The molecule has 0 saturated carbocycles. The van der Waals surface area contributed by atoms with Crippen molar-refractivity contribution in [3.63, 3.8) is 0 Å². The molecular weight excluding hydrogens is 216 g/mol. The third-order valence-electron chi connectivity index (χ3n) is 2.38. The van der Waals surface area contributed by atoms with Gasteiger partial charge in [-0.25, -0.2) is 0 Å². The van der Waals surface area contributed by atoms with Gasteiger partial charge >= 0.3 is 0 Å². The molecule has 2 heteroatoms. The molecule has 1 nitrogen and oxygen atoms in total. The first-order chi connectivity index (χ1) is 5.62. The van der Waals surface area contributed by atoms with E-state index in [1.54, 1.807) is 0 Å². The van der Waals surface area contributed by atoms with Crippen LogP contribution < -0.4 is 4.74 Å². The molecule has 0 bridgehead atoms. The van der Waals surface area contributed by atoms with E-state index in [1.807, 2.05) is 12.1 Å². The van der Waals surface area contributed by atoms with Gasteiger partial charge in [0.15, 0.2) is 5.01 Å². The summed E-state index contributed by atoms with van der Waals surface area (Å²) in [6.45, 7) is 4.36. The van der Waals surface area contributed by atoms with Gasteiger partial charge in [0, 0.05) is 11.0 Å². The predicted octanol–water partition coefficient (Wildman–Crippen LogP) is 3.08. The Hall–Kier alpha value is -0.500. The quantitative estimate of drug-likeness (QED) is 0.619. The van der Waals surface area contributed by atoms with Gasteiger partial charge in [-0.1, -0.05) is 32.0 Å². The molecule has 0 fully saturated rings. The van der Waals surface area contributed by atoms with Crippen LogP contribution in [0.25, 0.3) is 0 Å².